The molecular weight excluding hydrogens is 309 g/mol. The fourth-order valence-corrected chi connectivity index (χ4v) is 2.67. The van der Waals surface area contributed by atoms with Crippen molar-refractivity contribution >= 4 is 34.8 Å². The maximum Gasteiger partial charge on any atom is 0.265 e. The number of rotatable bonds is 2. The lowest BCUT2D eigenvalue weighted by atomic mass is 10.1. The Morgan fingerprint density at radius 2 is 1.90 bits per heavy atom. The Labute approximate surface area is 132 Å². The molecule has 5 heteroatoms. The van der Waals surface area contributed by atoms with E-state index in [1.807, 2.05) is 19.1 Å². The molecule has 3 nitrogen and oxygen atoms in total. The Kier molecular flexibility index (Phi) is 3.79. The van der Waals surface area contributed by atoms with Gasteiger partial charge in [-0.25, -0.2) is 0 Å². The third-order valence-corrected chi connectivity index (χ3v) is 3.92. The SMILES string of the molecule is Cc1ccc(Cl)cc1NC(=O)C1Cc2cc(Cl)ccc2O1. The van der Waals surface area contributed by atoms with Gasteiger partial charge in [0.15, 0.2) is 6.10 Å². The number of fused-ring (bicyclic) bond motifs is 1. The average Bonchev–Trinajstić information content (AvgIpc) is 2.86. The van der Waals surface area contributed by atoms with Gasteiger partial charge in [-0.15, -0.1) is 0 Å². The van der Waals surface area contributed by atoms with Crippen LogP contribution in [0.1, 0.15) is 11.1 Å². The monoisotopic (exact) mass is 321 g/mol. The van der Waals surface area contributed by atoms with Gasteiger partial charge in [-0.2, -0.15) is 0 Å². The number of ether oxygens (including phenoxy) is 1. The van der Waals surface area contributed by atoms with Crippen molar-refractivity contribution in [2.45, 2.75) is 19.4 Å². The zero-order chi connectivity index (χ0) is 15.0. The highest BCUT2D eigenvalue weighted by atomic mass is 35.5. The van der Waals surface area contributed by atoms with Gasteiger partial charge in [0.25, 0.3) is 5.91 Å². The van der Waals surface area contributed by atoms with E-state index in [-0.39, 0.29) is 5.91 Å². The van der Waals surface area contributed by atoms with E-state index in [0.717, 1.165) is 11.1 Å². The van der Waals surface area contributed by atoms with Crippen molar-refractivity contribution in [3.8, 4) is 5.75 Å². The van der Waals surface area contributed by atoms with Gasteiger partial charge in [-0.1, -0.05) is 29.3 Å². The summed E-state index contributed by atoms with van der Waals surface area (Å²) in [6.07, 6.45) is -0.0294. The predicted octanol–water partition coefficient (Wildman–Crippen LogP) is 4.24. The van der Waals surface area contributed by atoms with Gasteiger partial charge in [0, 0.05) is 22.2 Å². The smallest absolute Gasteiger partial charge is 0.265 e. The summed E-state index contributed by atoms with van der Waals surface area (Å²) in [5.74, 6) is 0.523. The van der Waals surface area contributed by atoms with E-state index in [0.29, 0.717) is 27.9 Å². The average molecular weight is 322 g/mol. The molecule has 2 aromatic carbocycles. The van der Waals surface area contributed by atoms with Crippen LogP contribution in [0.3, 0.4) is 0 Å². The highest BCUT2D eigenvalue weighted by Crippen LogP contribution is 2.31. The highest BCUT2D eigenvalue weighted by Gasteiger charge is 2.29. The van der Waals surface area contributed by atoms with Crippen molar-refractivity contribution in [2.75, 3.05) is 5.32 Å². The number of hydrogen-bond acceptors (Lipinski definition) is 2. The molecule has 0 bridgehead atoms. The molecule has 0 saturated carbocycles. The van der Waals surface area contributed by atoms with Crippen molar-refractivity contribution in [1.82, 2.24) is 0 Å². The third-order valence-electron chi connectivity index (χ3n) is 3.45. The van der Waals surface area contributed by atoms with Gasteiger partial charge in [0.1, 0.15) is 5.75 Å². The van der Waals surface area contributed by atoms with Gasteiger partial charge in [-0.05, 0) is 48.4 Å². The van der Waals surface area contributed by atoms with Gasteiger partial charge in [0.2, 0.25) is 0 Å². The van der Waals surface area contributed by atoms with Crippen LogP contribution in [0.25, 0.3) is 0 Å². The summed E-state index contributed by atoms with van der Waals surface area (Å²) in [4.78, 5) is 12.3. The molecule has 3 rings (SSSR count). The topological polar surface area (TPSA) is 38.3 Å². The number of benzene rings is 2. The summed E-state index contributed by atoms with van der Waals surface area (Å²) in [6.45, 7) is 1.91. The number of amides is 1. The summed E-state index contributed by atoms with van der Waals surface area (Å²) in [5.41, 5.74) is 2.60. The molecule has 0 fully saturated rings. The van der Waals surface area contributed by atoms with Crippen molar-refractivity contribution in [3.63, 3.8) is 0 Å². The molecule has 0 aliphatic carbocycles. The number of halogens is 2. The van der Waals surface area contributed by atoms with Crippen molar-refractivity contribution in [1.29, 1.82) is 0 Å². The van der Waals surface area contributed by atoms with E-state index in [4.69, 9.17) is 27.9 Å². The Hall–Kier alpha value is -1.71. The molecular formula is C16H13Cl2NO2. The standard InChI is InChI=1S/C16H13Cl2NO2/c1-9-2-3-12(18)8-13(9)19-16(20)15-7-10-6-11(17)4-5-14(10)21-15/h2-6,8,15H,7H2,1H3,(H,19,20). The first-order valence-electron chi connectivity index (χ1n) is 6.55. The summed E-state index contributed by atoms with van der Waals surface area (Å²) in [5, 5.41) is 4.09. The van der Waals surface area contributed by atoms with Crippen LogP contribution in [-0.4, -0.2) is 12.0 Å². The van der Waals surface area contributed by atoms with Crippen molar-refractivity contribution in [2.24, 2.45) is 0 Å². The minimum atomic E-state index is -0.545. The van der Waals surface area contributed by atoms with Crippen LogP contribution in [0, 0.1) is 6.92 Å². The molecule has 1 aliphatic heterocycles. The Morgan fingerprint density at radius 1 is 1.19 bits per heavy atom. The first kappa shape index (κ1) is 14.2. The molecule has 1 unspecified atom stereocenters. The fourth-order valence-electron chi connectivity index (χ4n) is 2.31. The molecule has 0 saturated heterocycles. The minimum absolute atomic E-state index is 0.187. The normalized spacial score (nSPS) is 16.2. The van der Waals surface area contributed by atoms with Crippen LogP contribution in [0.2, 0.25) is 10.0 Å². The van der Waals surface area contributed by atoms with E-state index in [1.165, 1.54) is 0 Å². The van der Waals surface area contributed by atoms with Crippen molar-refractivity contribution in [3.05, 3.63) is 57.6 Å². The predicted molar refractivity (Wildman–Crippen MR) is 84.4 cm³/mol. The molecule has 1 amide bonds. The second-order valence-electron chi connectivity index (χ2n) is 5.01. The molecule has 0 radical (unpaired) electrons. The zero-order valence-electron chi connectivity index (χ0n) is 11.3. The quantitative estimate of drug-likeness (QED) is 0.898. The van der Waals surface area contributed by atoms with E-state index in [9.17, 15) is 4.79 Å². The van der Waals surface area contributed by atoms with E-state index >= 15 is 0 Å². The first-order valence-corrected chi connectivity index (χ1v) is 7.30. The Morgan fingerprint density at radius 3 is 2.71 bits per heavy atom. The Balaban J connectivity index is 1.74. The van der Waals surface area contributed by atoms with E-state index < -0.39 is 6.10 Å². The fraction of sp³-hybridized carbons (Fsp3) is 0.188. The number of carbonyl (C=O) groups is 1. The van der Waals surface area contributed by atoms with Crippen LogP contribution in [0.15, 0.2) is 36.4 Å². The number of anilines is 1. The number of carbonyl (C=O) groups excluding carboxylic acids is 1. The zero-order valence-corrected chi connectivity index (χ0v) is 12.8. The van der Waals surface area contributed by atoms with Gasteiger partial charge >= 0.3 is 0 Å². The Bertz CT molecular complexity index is 715. The lowest BCUT2D eigenvalue weighted by Crippen LogP contribution is -2.31. The molecule has 108 valence electrons. The van der Waals surface area contributed by atoms with Gasteiger partial charge in [-0.3, -0.25) is 4.79 Å². The van der Waals surface area contributed by atoms with Crippen LogP contribution in [-0.2, 0) is 11.2 Å². The second-order valence-corrected chi connectivity index (χ2v) is 5.88. The van der Waals surface area contributed by atoms with Crippen LogP contribution in [0.5, 0.6) is 5.75 Å². The van der Waals surface area contributed by atoms with Crippen molar-refractivity contribution < 1.29 is 9.53 Å². The third kappa shape index (κ3) is 2.99. The maximum atomic E-state index is 12.3. The molecule has 0 aromatic heterocycles. The summed E-state index contributed by atoms with van der Waals surface area (Å²) >= 11 is 11.9. The first-order chi connectivity index (χ1) is 10.0. The maximum absolute atomic E-state index is 12.3. The lowest BCUT2D eigenvalue weighted by Gasteiger charge is -2.13. The van der Waals surface area contributed by atoms with E-state index in [1.54, 1.807) is 24.3 Å². The largest absolute Gasteiger partial charge is 0.480 e. The lowest BCUT2D eigenvalue weighted by molar-refractivity contribution is -0.122. The molecule has 1 heterocycles. The van der Waals surface area contributed by atoms with E-state index in [2.05, 4.69) is 5.32 Å². The van der Waals surface area contributed by atoms with Crippen LogP contribution < -0.4 is 10.1 Å². The summed E-state index contributed by atoms with van der Waals surface area (Å²) in [6, 6.07) is 10.7. The highest BCUT2D eigenvalue weighted by molar-refractivity contribution is 6.31. The van der Waals surface area contributed by atoms with Crippen LogP contribution >= 0.6 is 23.2 Å². The number of aryl methyl sites for hydroxylation is 1. The summed E-state index contributed by atoms with van der Waals surface area (Å²) < 4.78 is 5.66. The molecule has 1 N–H and O–H groups in total. The molecule has 2 aromatic rings. The van der Waals surface area contributed by atoms with Gasteiger partial charge in [0.05, 0.1) is 0 Å². The number of hydrogen-bond donors (Lipinski definition) is 1. The molecule has 1 aliphatic rings. The molecule has 21 heavy (non-hydrogen) atoms. The summed E-state index contributed by atoms with van der Waals surface area (Å²) in [7, 11) is 0. The second kappa shape index (κ2) is 5.58. The molecule has 1 atom stereocenters. The number of nitrogens with one attached hydrogen (secondary N) is 1. The molecule has 0 spiro atoms. The van der Waals surface area contributed by atoms with Crippen LogP contribution in [0.4, 0.5) is 5.69 Å². The minimum Gasteiger partial charge on any atom is -0.480 e. The van der Waals surface area contributed by atoms with Gasteiger partial charge < -0.3 is 10.1 Å².